The van der Waals surface area contributed by atoms with E-state index in [-0.39, 0.29) is 5.91 Å². The first-order valence-electron chi connectivity index (χ1n) is 7.47. The lowest BCUT2D eigenvalue weighted by atomic mass is 10.1. The Labute approximate surface area is 134 Å². The summed E-state index contributed by atoms with van der Waals surface area (Å²) in [6, 6.07) is 9.71. The maximum Gasteiger partial charge on any atom is 0.261 e. The number of anilines is 1. The van der Waals surface area contributed by atoms with Crippen molar-refractivity contribution in [3.05, 3.63) is 53.3 Å². The zero-order valence-corrected chi connectivity index (χ0v) is 13.3. The van der Waals surface area contributed by atoms with E-state index in [1.54, 1.807) is 10.9 Å². The second-order valence-corrected chi connectivity index (χ2v) is 5.29. The van der Waals surface area contributed by atoms with Gasteiger partial charge in [0, 0.05) is 23.9 Å². The molecule has 3 aromatic rings. The lowest BCUT2D eigenvalue weighted by Gasteiger charge is -2.01. The number of aryl methyl sites for hydroxylation is 2. The fourth-order valence-corrected chi connectivity index (χ4v) is 2.39. The van der Waals surface area contributed by atoms with Gasteiger partial charge in [-0.05, 0) is 20.8 Å². The van der Waals surface area contributed by atoms with Gasteiger partial charge in [0.2, 0.25) is 5.88 Å². The smallest absolute Gasteiger partial charge is 0.261 e. The van der Waals surface area contributed by atoms with Gasteiger partial charge >= 0.3 is 0 Å². The predicted molar refractivity (Wildman–Crippen MR) is 87.3 cm³/mol. The number of amides is 1. The molecular formula is C17H18N4O2. The van der Waals surface area contributed by atoms with E-state index >= 15 is 0 Å². The van der Waals surface area contributed by atoms with Crippen LogP contribution in [0.5, 0.6) is 0 Å². The molecule has 23 heavy (non-hydrogen) atoms. The fourth-order valence-electron chi connectivity index (χ4n) is 2.39. The molecule has 2 heterocycles. The number of carbonyl (C=O) groups excluding carboxylic acids is 1. The number of nitrogens with one attached hydrogen (secondary N) is 1. The first kappa shape index (κ1) is 15.0. The highest BCUT2D eigenvalue weighted by molar-refractivity contribution is 6.04. The number of nitrogens with zero attached hydrogens (tertiary/aromatic N) is 3. The molecule has 3 rings (SSSR count). The summed E-state index contributed by atoms with van der Waals surface area (Å²) in [5.74, 6) is 0.110. The average molecular weight is 310 g/mol. The highest BCUT2D eigenvalue weighted by Crippen LogP contribution is 2.28. The van der Waals surface area contributed by atoms with Gasteiger partial charge in [-0.25, -0.2) is 0 Å². The minimum atomic E-state index is -0.249. The van der Waals surface area contributed by atoms with E-state index < -0.39 is 0 Å². The monoisotopic (exact) mass is 310 g/mol. The van der Waals surface area contributed by atoms with Crippen molar-refractivity contribution in [1.29, 1.82) is 0 Å². The average Bonchev–Trinajstić information content (AvgIpc) is 3.12. The SMILES string of the molecule is CCn1cc(C(=O)Nc2onc(-c3ccccc3)c2C)c(C)n1. The van der Waals surface area contributed by atoms with E-state index in [1.807, 2.05) is 51.1 Å². The molecule has 118 valence electrons. The largest absolute Gasteiger partial charge is 0.338 e. The van der Waals surface area contributed by atoms with Gasteiger partial charge in [0.15, 0.2) is 0 Å². The summed E-state index contributed by atoms with van der Waals surface area (Å²) in [7, 11) is 0. The van der Waals surface area contributed by atoms with E-state index in [4.69, 9.17) is 4.52 Å². The van der Waals surface area contributed by atoms with E-state index in [0.29, 0.717) is 23.7 Å². The summed E-state index contributed by atoms with van der Waals surface area (Å²) in [6.45, 7) is 6.37. The molecule has 6 nitrogen and oxygen atoms in total. The molecule has 0 aliphatic rings. The van der Waals surface area contributed by atoms with Crippen molar-refractivity contribution in [3.8, 4) is 11.3 Å². The van der Waals surface area contributed by atoms with Crippen LogP contribution in [0.2, 0.25) is 0 Å². The van der Waals surface area contributed by atoms with Crippen LogP contribution < -0.4 is 5.32 Å². The van der Waals surface area contributed by atoms with Gasteiger partial charge in [-0.15, -0.1) is 0 Å². The maximum atomic E-state index is 12.4. The second kappa shape index (κ2) is 6.08. The van der Waals surface area contributed by atoms with Crippen molar-refractivity contribution >= 4 is 11.8 Å². The van der Waals surface area contributed by atoms with Crippen LogP contribution in [0, 0.1) is 13.8 Å². The summed E-state index contributed by atoms with van der Waals surface area (Å²) in [4.78, 5) is 12.4. The van der Waals surface area contributed by atoms with Crippen LogP contribution >= 0.6 is 0 Å². The van der Waals surface area contributed by atoms with Crippen LogP contribution in [0.25, 0.3) is 11.3 Å². The molecule has 6 heteroatoms. The Hall–Kier alpha value is -2.89. The van der Waals surface area contributed by atoms with Crippen molar-refractivity contribution in [2.45, 2.75) is 27.3 Å². The van der Waals surface area contributed by atoms with Crippen LogP contribution in [0.15, 0.2) is 41.1 Å². The summed E-state index contributed by atoms with van der Waals surface area (Å²) in [5, 5.41) is 11.1. The third kappa shape index (κ3) is 2.88. The van der Waals surface area contributed by atoms with Gasteiger partial charge in [-0.1, -0.05) is 35.5 Å². The van der Waals surface area contributed by atoms with E-state index in [2.05, 4.69) is 15.6 Å². The predicted octanol–water partition coefficient (Wildman–Crippen LogP) is 3.43. The molecule has 1 aromatic carbocycles. The van der Waals surface area contributed by atoms with Gasteiger partial charge in [-0.3, -0.25) is 14.8 Å². The molecule has 0 saturated carbocycles. The molecule has 1 amide bonds. The summed E-state index contributed by atoms with van der Waals surface area (Å²) in [5.41, 5.74) is 3.69. The highest BCUT2D eigenvalue weighted by Gasteiger charge is 2.19. The zero-order chi connectivity index (χ0) is 16.4. The van der Waals surface area contributed by atoms with E-state index in [9.17, 15) is 4.79 Å². The van der Waals surface area contributed by atoms with Gasteiger partial charge < -0.3 is 4.52 Å². The Morgan fingerprint density at radius 3 is 2.65 bits per heavy atom. The Kier molecular flexibility index (Phi) is 3.97. The first-order valence-corrected chi connectivity index (χ1v) is 7.47. The molecule has 1 N–H and O–H groups in total. The standard InChI is InChI=1S/C17H18N4O2/c1-4-21-10-14(12(3)19-21)16(22)18-17-11(2)15(20-23-17)13-8-6-5-7-9-13/h5-10H,4H2,1-3H3,(H,18,22). The van der Waals surface area contributed by atoms with E-state index in [0.717, 1.165) is 16.8 Å². The summed E-state index contributed by atoms with van der Waals surface area (Å²) >= 11 is 0. The molecule has 0 fully saturated rings. The Morgan fingerprint density at radius 1 is 1.26 bits per heavy atom. The lowest BCUT2D eigenvalue weighted by Crippen LogP contribution is -2.12. The minimum Gasteiger partial charge on any atom is -0.338 e. The Bertz CT molecular complexity index is 834. The molecule has 0 aliphatic heterocycles. The molecule has 0 spiro atoms. The number of carbonyl (C=O) groups is 1. The number of aromatic nitrogens is 3. The summed E-state index contributed by atoms with van der Waals surface area (Å²) < 4.78 is 7.03. The van der Waals surface area contributed by atoms with Crippen LogP contribution in [0.1, 0.15) is 28.5 Å². The van der Waals surface area contributed by atoms with Crippen molar-refractivity contribution in [2.24, 2.45) is 0 Å². The molecule has 0 radical (unpaired) electrons. The third-order valence-electron chi connectivity index (χ3n) is 3.71. The molecule has 0 saturated heterocycles. The molecule has 0 aliphatic carbocycles. The van der Waals surface area contributed by atoms with Crippen molar-refractivity contribution in [3.63, 3.8) is 0 Å². The minimum absolute atomic E-state index is 0.249. The molecular weight excluding hydrogens is 292 g/mol. The number of hydrogen-bond donors (Lipinski definition) is 1. The van der Waals surface area contributed by atoms with Crippen molar-refractivity contribution in [2.75, 3.05) is 5.32 Å². The quantitative estimate of drug-likeness (QED) is 0.801. The number of rotatable bonds is 4. The second-order valence-electron chi connectivity index (χ2n) is 5.29. The molecule has 0 atom stereocenters. The normalized spacial score (nSPS) is 10.7. The van der Waals surface area contributed by atoms with Crippen LogP contribution in [0.4, 0.5) is 5.88 Å². The molecule has 0 unspecified atom stereocenters. The Balaban J connectivity index is 1.85. The van der Waals surface area contributed by atoms with Crippen molar-refractivity contribution in [1.82, 2.24) is 14.9 Å². The zero-order valence-electron chi connectivity index (χ0n) is 13.3. The van der Waals surface area contributed by atoms with E-state index in [1.165, 1.54) is 0 Å². The number of hydrogen-bond acceptors (Lipinski definition) is 4. The third-order valence-corrected chi connectivity index (χ3v) is 3.71. The molecule has 2 aromatic heterocycles. The molecule has 0 bridgehead atoms. The van der Waals surface area contributed by atoms with Crippen LogP contribution in [-0.2, 0) is 6.54 Å². The Morgan fingerprint density at radius 2 is 2.00 bits per heavy atom. The maximum absolute atomic E-state index is 12.4. The topological polar surface area (TPSA) is 73.0 Å². The van der Waals surface area contributed by atoms with Gasteiger partial charge in [0.05, 0.1) is 11.3 Å². The summed E-state index contributed by atoms with van der Waals surface area (Å²) in [6.07, 6.45) is 1.73. The fraction of sp³-hybridized carbons (Fsp3) is 0.235. The van der Waals surface area contributed by atoms with Crippen LogP contribution in [0.3, 0.4) is 0 Å². The van der Waals surface area contributed by atoms with Gasteiger partial charge in [0.1, 0.15) is 5.69 Å². The lowest BCUT2D eigenvalue weighted by molar-refractivity contribution is 0.102. The first-order chi connectivity index (χ1) is 11.1. The van der Waals surface area contributed by atoms with Gasteiger partial charge in [-0.2, -0.15) is 5.10 Å². The van der Waals surface area contributed by atoms with Crippen molar-refractivity contribution < 1.29 is 9.32 Å². The van der Waals surface area contributed by atoms with Gasteiger partial charge in [0.25, 0.3) is 5.91 Å². The number of benzene rings is 1. The van der Waals surface area contributed by atoms with Crippen LogP contribution in [-0.4, -0.2) is 20.8 Å². The highest BCUT2D eigenvalue weighted by atomic mass is 16.5.